The van der Waals surface area contributed by atoms with Crippen molar-refractivity contribution < 1.29 is 14.3 Å². The molecule has 0 bridgehead atoms. The average molecular weight is 429 g/mol. The Balaban J connectivity index is 1.66. The van der Waals surface area contributed by atoms with Gasteiger partial charge >= 0.3 is 0 Å². The molecule has 6 heteroatoms. The van der Waals surface area contributed by atoms with Crippen molar-refractivity contribution in [2.75, 3.05) is 26.8 Å². The number of nitrogens with one attached hydrogen (secondary N) is 1. The minimum atomic E-state index is -0.0214. The Labute approximate surface area is 166 Å². The molecule has 1 aromatic heterocycles. The summed E-state index contributed by atoms with van der Waals surface area (Å²) in [5.74, 6) is 1.15. The number of carbonyl (C=O) groups is 1. The fourth-order valence-corrected chi connectivity index (χ4v) is 4.02. The molecule has 1 aliphatic rings. The summed E-state index contributed by atoms with van der Waals surface area (Å²) >= 11 is 3.41. The maximum Gasteiger partial charge on any atom is 0.202 e. The molecule has 0 unspecified atom stereocenters. The number of hydrogen-bond acceptors (Lipinski definition) is 4. The molecule has 0 fully saturated rings. The number of nitrogens with zero attached hydrogens (tertiary/aromatic N) is 1. The van der Waals surface area contributed by atoms with Gasteiger partial charge in [-0.2, -0.15) is 0 Å². The minimum absolute atomic E-state index is 0.00757. The van der Waals surface area contributed by atoms with Gasteiger partial charge in [0.1, 0.15) is 0 Å². The first-order valence-corrected chi connectivity index (χ1v) is 9.78. The number of carbonyl (C=O) groups excluding carboxylic acids is 1. The van der Waals surface area contributed by atoms with E-state index in [-0.39, 0.29) is 12.4 Å². The van der Waals surface area contributed by atoms with E-state index < -0.39 is 0 Å². The fourth-order valence-electron chi connectivity index (χ4n) is 3.68. The lowest BCUT2D eigenvalue weighted by Gasteiger charge is -2.11. The molecule has 0 radical (unpaired) electrons. The van der Waals surface area contributed by atoms with E-state index in [1.807, 2.05) is 30.3 Å². The molecular formula is C21H21BrN2O3. The Bertz CT molecular complexity index is 997. The first-order valence-electron chi connectivity index (χ1n) is 8.99. The molecule has 1 aliphatic heterocycles. The van der Waals surface area contributed by atoms with Gasteiger partial charge in [-0.1, -0.05) is 34.1 Å². The van der Waals surface area contributed by atoms with Crippen LogP contribution in [0.25, 0.3) is 10.9 Å². The smallest absolute Gasteiger partial charge is 0.202 e. The zero-order chi connectivity index (χ0) is 18.8. The van der Waals surface area contributed by atoms with E-state index in [4.69, 9.17) is 9.47 Å². The van der Waals surface area contributed by atoms with E-state index in [1.54, 1.807) is 13.2 Å². The van der Waals surface area contributed by atoms with Crippen molar-refractivity contribution >= 4 is 32.6 Å². The molecule has 0 atom stereocenters. The van der Waals surface area contributed by atoms with Crippen molar-refractivity contribution in [1.82, 2.24) is 9.88 Å². The summed E-state index contributed by atoms with van der Waals surface area (Å²) in [5.41, 5.74) is 2.99. The SMILES string of the molecule is COc1cc(Br)ccc1OCC(=O)c1c2n(c3ccccc13)CCNCC2. The van der Waals surface area contributed by atoms with Crippen LogP contribution < -0.4 is 14.8 Å². The number of fused-ring (bicyclic) bond motifs is 3. The summed E-state index contributed by atoms with van der Waals surface area (Å²) in [6, 6.07) is 13.6. The van der Waals surface area contributed by atoms with E-state index in [9.17, 15) is 4.79 Å². The van der Waals surface area contributed by atoms with Crippen LogP contribution in [-0.4, -0.2) is 37.2 Å². The highest BCUT2D eigenvalue weighted by molar-refractivity contribution is 9.10. The number of Topliss-reactive ketones (excluding diaryl/α,β-unsaturated/α-hetero) is 1. The van der Waals surface area contributed by atoms with Gasteiger partial charge in [-0.05, 0) is 24.3 Å². The molecule has 0 saturated carbocycles. The van der Waals surface area contributed by atoms with Gasteiger partial charge in [0.05, 0.1) is 12.7 Å². The molecule has 1 N–H and O–H groups in total. The summed E-state index contributed by atoms with van der Waals surface area (Å²) < 4.78 is 14.3. The summed E-state index contributed by atoms with van der Waals surface area (Å²) in [6.45, 7) is 2.63. The highest BCUT2D eigenvalue weighted by Gasteiger charge is 2.23. The third-order valence-corrected chi connectivity index (χ3v) is 5.39. The van der Waals surface area contributed by atoms with E-state index >= 15 is 0 Å². The first kappa shape index (κ1) is 18.1. The van der Waals surface area contributed by atoms with Crippen LogP contribution in [-0.2, 0) is 13.0 Å². The lowest BCUT2D eigenvalue weighted by Crippen LogP contribution is -2.18. The molecule has 4 rings (SSSR count). The molecule has 0 aliphatic carbocycles. The Kier molecular flexibility index (Phi) is 5.18. The maximum absolute atomic E-state index is 13.1. The largest absolute Gasteiger partial charge is 0.493 e. The second-order valence-electron chi connectivity index (χ2n) is 6.50. The van der Waals surface area contributed by atoms with Crippen molar-refractivity contribution in [3.05, 3.63) is 58.2 Å². The molecule has 27 heavy (non-hydrogen) atoms. The standard InChI is InChI=1S/C21H21BrN2O3/c1-26-20-12-14(22)6-7-19(20)27-13-18(25)21-15-4-2-3-5-16(15)24-11-10-23-9-8-17(21)24/h2-7,12,23H,8-11,13H2,1H3. The van der Waals surface area contributed by atoms with E-state index in [2.05, 4.69) is 31.9 Å². The second kappa shape index (κ2) is 7.74. The Hall–Kier alpha value is -2.31. The van der Waals surface area contributed by atoms with E-state index in [0.29, 0.717) is 11.5 Å². The third kappa shape index (κ3) is 3.47. The van der Waals surface area contributed by atoms with Gasteiger partial charge in [-0.3, -0.25) is 4.79 Å². The van der Waals surface area contributed by atoms with Gasteiger partial charge in [-0.15, -0.1) is 0 Å². The number of hydrogen-bond donors (Lipinski definition) is 1. The molecule has 2 heterocycles. The molecular weight excluding hydrogens is 408 g/mol. The number of rotatable bonds is 5. The van der Waals surface area contributed by atoms with Crippen LogP contribution in [0, 0.1) is 0 Å². The Morgan fingerprint density at radius 2 is 2.04 bits per heavy atom. The quantitative estimate of drug-likeness (QED) is 0.627. The third-order valence-electron chi connectivity index (χ3n) is 4.89. The summed E-state index contributed by atoms with van der Waals surface area (Å²) in [4.78, 5) is 13.1. The zero-order valence-electron chi connectivity index (χ0n) is 15.1. The molecule has 3 aromatic rings. The lowest BCUT2D eigenvalue weighted by atomic mass is 10.1. The lowest BCUT2D eigenvalue weighted by molar-refractivity contribution is 0.0920. The average Bonchev–Trinajstić information content (AvgIpc) is 2.82. The molecule has 0 amide bonds. The number of aromatic nitrogens is 1. The van der Waals surface area contributed by atoms with Gasteiger partial charge < -0.3 is 19.4 Å². The number of para-hydroxylation sites is 1. The topological polar surface area (TPSA) is 52.5 Å². The van der Waals surface area contributed by atoms with Gasteiger partial charge in [0.2, 0.25) is 5.78 Å². The van der Waals surface area contributed by atoms with Crippen LogP contribution in [0.3, 0.4) is 0 Å². The molecule has 140 valence electrons. The second-order valence-corrected chi connectivity index (χ2v) is 7.41. The highest BCUT2D eigenvalue weighted by Crippen LogP contribution is 2.31. The molecule has 0 saturated heterocycles. The summed E-state index contributed by atoms with van der Waals surface area (Å²) in [7, 11) is 1.59. The monoisotopic (exact) mass is 428 g/mol. The molecule has 0 spiro atoms. The van der Waals surface area contributed by atoms with Crippen LogP contribution in [0.4, 0.5) is 0 Å². The predicted octanol–water partition coefficient (Wildman–Crippen LogP) is 3.82. The van der Waals surface area contributed by atoms with Crippen molar-refractivity contribution in [2.45, 2.75) is 13.0 Å². The number of ether oxygens (including phenoxy) is 2. The minimum Gasteiger partial charge on any atom is -0.493 e. The van der Waals surface area contributed by atoms with E-state index in [1.165, 1.54) is 0 Å². The molecule has 5 nitrogen and oxygen atoms in total. The van der Waals surface area contributed by atoms with Crippen LogP contribution in [0.1, 0.15) is 16.1 Å². The van der Waals surface area contributed by atoms with Crippen molar-refractivity contribution in [2.24, 2.45) is 0 Å². The van der Waals surface area contributed by atoms with Crippen molar-refractivity contribution in [3.8, 4) is 11.5 Å². The number of benzene rings is 2. The van der Waals surface area contributed by atoms with Gasteiger partial charge in [0.15, 0.2) is 18.1 Å². The Morgan fingerprint density at radius 1 is 1.19 bits per heavy atom. The zero-order valence-corrected chi connectivity index (χ0v) is 16.7. The van der Waals surface area contributed by atoms with Crippen molar-refractivity contribution in [3.63, 3.8) is 0 Å². The van der Waals surface area contributed by atoms with Crippen molar-refractivity contribution in [1.29, 1.82) is 0 Å². The first-order chi connectivity index (χ1) is 13.2. The maximum atomic E-state index is 13.1. The van der Waals surface area contributed by atoms with Gasteiger partial charge in [0, 0.05) is 47.1 Å². The van der Waals surface area contributed by atoms with E-state index in [0.717, 1.165) is 52.7 Å². The number of ketones is 1. The molecule has 2 aromatic carbocycles. The predicted molar refractivity (Wildman–Crippen MR) is 109 cm³/mol. The number of methoxy groups -OCH3 is 1. The summed E-state index contributed by atoms with van der Waals surface area (Å²) in [6.07, 6.45) is 0.831. The van der Waals surface area contributed by atoms with Crippen LogP contribution in [0.15, 0.2) is 46.9 Å². The van der Waals surface area contributed by atoms with Crippen LogP contribution in [0.5, 0.6) is 11.5 Å². The fraction of sp³-hybridized carbons (Fsp3) is 0.286. The van der Waals surface area contributed by atoms with Gasteiger partial charge in [0.25, 0.3) is 0 Å². The van der Waals surface area contributed by atoms with Gasteiger partial charge in [-0.25, -0.2) is 0 Å². The van der Waals surface area contributed by atoms with Crippen LogP contribution in [0.2, 0.25) is 0 Å². The number of halogens is 1. The highest BCUT2D eigenvalue weighted by atomic mass is 79.9. The normalized spacial score (nSPS) is 13.9. The van der Waals surface area contributed by atoms with Crippen LogP contribution >= 0.6 is 15.9 Å². The summed E-state index contributed by atoms with van der Waals surface area (Å²) in [5, 5.41) is 4.41. The Morgan fingerprint density at radius 3 is 2.89 bits per heavy atom.